The van der Waals surface area contributed by atoms with Gasteiger partial charge >= 0.3 is 5.97 Å². The molecule has 0 heterocycles. The molecule has 1 atom stereocenters. The van der Waals surface area contributed by atoms with Crippen molar-refractivity contribution >= 4 is 11.8 Å². The van der Waals surface area contributed by atoms with E-state index in [-0.39, 0.29) is 12.2 Å². The standard InChI is InChI=1S/C14H16O3/c1-2-14(9-13(16)17)7-10-5-3-4-6-11(10)12(15)8-14/h3-6H,2,7-9H2,1H3,(H,16,17)/t14-/m0/s1. The van der Waals surface area contributed by atoms with Crippen molar-refractivity contribution in [2.75, 3.05) is 0 Å². The molecule has 0 radical (unpaired) electrons. The number of ketones is 1. The first-order valence-electron chi connectivity index (χ1n) is 5.89. The van der Waals surface area contributed by atoms with Gasteiger partial charge in [-0.25, -0.2) is 0 Å². The third kappa shape index (κ3) is 2.23. The van der Waals surface area contributed by atoms with Crippen molar-refractivity contribution in [1.82, 2.24) is 0 Å². The minimum Gasteiger partial charge on any atom is -0.481 e. The van der Waals surface area contributed by atoms with E-state index >= 15 is 0 Å². The maximum atomic E-state index is 12.0. The fraction of sp³-hybridized carbons (Fsp3) is 0.429. The molecule has 0 spiro atoms. The molecule has 3 nitrogen and oxygen atoms in total. The molecule has 1 aromatic carbocycles. The van der Waals surface area contributed by atoms with Crippen LogP contribution in [-0.2, 0) is 11.2 Å². The Bertz CT molecular complexity index is 464. The van der Waals surface area contributed by atoms with Crippen LogP contribution in [0.4, 0.5) is 0 Å². The van der Waals surface area contributed by atoms with Gasteiger partial charge in [-0.2, -0.15) is 0 Å². The zero-order valence-electron chi connectivity index (χ0n) is 9.90. The molecule has 1 aliphatic rings. The van der Waals surface area contributed by atoms with Crippen LogP contribution in [-0.4, -0.2) is 16.9 Å². The molecular weight excluding hydrogens is 216 g/mol. The summed E-state index contributed by atoms with van der Waals surface area (Å²) < 4.78 is 0. The fourth-order valence-corrected chi connectivity index (χ4v) is 2.67. The van der Waals surface area contributed by atoms with Crippen molar-refractivity contribution < 1.29 is 14.7 Å². The monoisotopic (exact) mass is 232 g/mol. The lowest BCUT2D eigenvalue weighted by atomic mass is 9.67. The van der Waals surface area contributed by atoms with Gasteiger partial charge in [-0.3, -0.25) is 9.59 Å². The second-order valence-electron chi connectivity index (χ2n) is 4.86. The van der Waals surface area contributed by atoms with E-state index in [0.29, 0.717) is 12.8 Å². The normalized spacial score (nSPS) is 23.2. The largest absolute Gasteiger partial charge is 0.481 e. The first kappa shape index (κ1) is 11.8. The highest BCUT2D eigenvalue weighted by Gasteiger charge is 2.38. The second-order valence-corrected chi connectivity index (χ2v) is 4.86. The van der Waals surface area contributed by atoms with E-state index < -0.39 is 11.4 Å². The summed E-state index contributed by atoms with van der Waals surface area (Å²) in [6.07, 6.45) is 1.84. The van der Waals surface area contributed by atoms with Crippen molar-refractivity contribution in [3.8, 4) is 0 Å². The number of aliphatic carboxylic acids is 1. The Kier molecular flexibility index (Phi) is 3.01. The van der Waals surface area contributed by atoms with Gasteiger partial charge in [0.15, 0.2) is 5.78 Å². The first-order chi connectivity index (χ1) is 8.06. The summed E-state index contributed by atoms with van der Waals surface area (Å²) in [5.41, 5.74) is 1.37. The summed E-state index contributed by atoms with van der Waals surface area (Å²) in [5, 5.41) is 8.98. The molecule has 0 aliphatic heterocycles. The van der Waals surface area contributed by atoms with Gasteiger partial charge in [0.05, 0.1) is 6.42 Å². The maximum Gasteiger partial charge on any atom is 0.303 e. The molecule has 1 N–H and O–H groups in total. The first-order valence-corrected chi connectivity index (χ1v) is 5.89. The number of carbonyl (C=O) groups excluding carboxylic acids is 1. The number of benzene rings is 1. The number of carbonyl (C=O) groups is 2. The van der Waals surface area contributed by atoms with Crippen molar-refractivity contribution in [1.29, 1.82) is 0 Å². The van der Waals surface area contributed by atoms with Gasteiger partial charge in [0.2, 0.25) is 0 Å². The van der Waals surface area contributed by atoms with Gasteiger partial charge in [0.1, 0.15) is 0 Å². The highest BCUT2D eigenvalue weighted by atomic mass is 16.4. The van der Waals surface area contributed by atoms with Crippen LogP contribution in [0.1, 0.15) is 42.1 Å². The predicted molar refractivity (Wildman–Crippen MR) is 64.1 cm³/mol. The molecule has 90 valence electrons. The van der Waals surface area contributed by atoms with Gasteiger partial charge < -0.3 is 5.11 Å². The summed E-state index contributed by atoms with van der Waals surface area (Å²) in [6.45, 7) is 1.96. The molecule has 0 bridgehead atoms. The van der Waals surface area contributed by atoms with Crippen LogP contribution in [0.3, 0.4) is 0 Å². The van der Waals surface area contributed by atoms with Gasteiger partial charge in [-0.05, 0) is 23.8 Å². The molecule has 2 rings (SSSR count). The summed E-state index contributed by atoms with van der Waals surface area (Å²) in [4.78, 5) is 23.0. The lowest BCUT2D eigenvalue weighted by molar-refractivity contribution is -0.139. The Morgan fingerprint density at radius 3 is 2.71 bits per heavy atom. The number of carboxylic acids is 1. The van der Waals surface area contributed by atoms with Crippen LogP contribution in [0, 0.1) is 5.41 Å². The van der Waals surface area contributed by atoms with Crippen LogP contribution in [0.2, 0.25) is 0 Å². The molecule has 0 amide bonds. The molecule has 17 heavy (non-hydrogen) atoms. The van der Waals surface area contributed by atoms with Crippen LogP contribution in [0.15, 0.2) is 24.3 Å². The highest BCUT2D eigenvalue weighted by molar-refractivity contribution is 5.99. The summed E-state index contributed by atoms with van der Waals surface area (Å²) >= 11 is 0. The third-order valence-electron chi connectivity index (χ3n) is 3.70. The highest BCUT2D eigenvalue weighted by Crippen LogP contribution is 2.40. The number of Topliss-reactive ketones (excluding diaryl/α,β-unsaturated/α-hetero) is 1. The Balaban J connectivity index is 2.37. The molecule has 0 unspecified atom stereocenters. The molecule has 3 heteroatoms. The zero-order valence-corrected chi connectivity index (χ0v) is 9.90. The number of hydrogen-bond acceptors (Lipinski definition) is 2. The third-order valence-corrected chi connectivity index (χ3v) is 3.70. The van der Waals surface area contributed by atoms with E-state index in [4.69, 9.17) is 5.11 Å². The summed E-state index contributed by atoms with van der Waals surface area (Å²) in [5.74, 6) is -0.742. The van der Waals surface area contributed by atoms with Gasteiger partial charge in [-0.1, -0.05) is 31.2 Å². The minimum atomic E-state index is -0.820. The van der Waals surface area contributed by atoms with E-state index in [0.717, 1.165) is 17.5 Å². The average molecular weight is 232 g/mol. The maximum absolute atomic E-state index is 12.0. The lowest BCUT2D eigenvalue weighted by Crippen LogP contribution is -2.34. The Labute approximate surface area is 100 Å². The zero-order chi connectivity index (χ0) is 12.5. The van der Waals surface area contributed by atoms with Crippen molar-refractivity contribution in [2.45, 2.75) is 32.6 Å². The number of fused-ring (bicyclic) bond motifs is 1. The topological polar surface area (TPSA) is 54.4 Å². The van der Waals surface area contributed by atoms with Gasteiger partial charge in [0.25, 0.3) is 0 Å². The molecule has 0 saturated heterocycles. The van der Waals surface area contributed by atoms with Crippen LogP contribution >= 0.6 is 0 Å². The molecule has 1 aromatic rings. The van der Waals surface area contributed by atoms with E-state index in [9.17, 15) is 9.59 Å². The molecular formula is C14H16O3. The molecule has 0 saturated carbocycles. The Morgan fingerprint density at radius 2 is 2.06 bits per heavy atom. The lowest BCUT2D eigenvalue weighted by Gasteiger charge is -2.35. The van der Waals surface area contributed by atoms with E-state index in [1.807, 2.05) is 31.2 Å². The summed E-state index contributed by atoms with van der Waals surface area (Å²) in [7, 11) is 0. The second kappa shape index (κ2) is 4.32. The SMILES string of the molecule is CC[C@@]1(CC(=O)O)CC(=O)c2ccccc2C1. The Morgan fingerprint density at radius 1 is 1.35 bits per heavy atom. The van der Waals surface area contributed by atoms with Crippen molar-refractivity contribution in [3.63, 3.8) is 0 Å². The van der Waals surface area contributed by atoms with Gasteiger partial charge in [-0.15, -0.1) is 0 Å². The van der Waals surface area contributed by atoms with Crippen LogP contribution in [0.5, 0.6) is 0 Å². The number of rotatable bonds is 3. The fourth-order valence-electron chi connectivity index (χ4n) is 2.67. The minimum absolute atomic E-state index is 0.0730. The van der Waals surface area contributed by atoms with E-state index in [1.165, 1.54) is 0 Å². The quantitative estimate of drug-likeness (QED) is 0.871. The van der Waals surface area contributed by atoms with Crippen molar-refractivity contribution in [2.24, 2.45) is 5.41 Å². The average Bonchev–Trinajstić information content (AvgIpc) is 2.28. The number of carboxylic acid groups (broad SMARTS) is 1. The van der Waals surface area contributed by atoms with Gasteiger partial charge in [0, 0.05) is 12.0 Å². The molecule has 0 aromatic heterocycles. The molecule has 1 aliphatic carbocycles. The predicted octanol–water partition coefficient (Wildman–Crippen LogP) is 2.69. The van der Waals surface area contributed by atoms with E-state index in [1.54, 1.807) is 0 Å². The van der Waals surface area contributed by atoms with Crippen molar-refractivity contribution in [3.05, 3.63) is 35.4 Å². The smallest absolute Gasteiger partial charge is 0.303 e. The van der Waals surface area contributed by atoms with Crippen LogP contribution < -0.4 is 0 Å². The van der Waals surface area contributed by atoms with Crippen LogP contribution in [0.25, 0.3) is 0 Å². The molecule has 0 fully saturated rings. The Hall–Kier alpha value is -1.64. The summed E-state index contributed by atoms with van der Waals surface area (Å²) in [6, 6.07) is 7.52. The van der Waals surface area contributed by atoms with E-state index in [2.05, 4.69) is 0 Å². The number of hydrogen-bond donors (Lipinski definition) is 1.